The molecule has 0 spiro atoms. The van der Waals surface area contributed by atoms with Crippen LogP contribution in [-0.4, -0.2) is 40.3 Å². The zero-order valence-electron chi connectivity index (χ0n) is 9.24. The molecule has 58 valence electrons. The van der Waals surface area contributed by atoms with Crippen molar-refractivity contribution in [3.05, 3.63) is 0 Å². The second-order valence-electron chi connectivity index (χ2n) is 2.00. The number of hydrogen-bond acceptors (Lipinski definition) is 2. The van der Waals surface area contributed by atoms with Crippen molar-refractivity contribution in [1.82, 2.24) is 4.90 Å². The number of aliphatic hydroxyl groups excluding tert-OH is 1. The SMILES string of the molecule is [2H]C1([2H])CC(O)CC([2H])([2H])N1C(=O)O. The van der Waals surface area contributed by atoms with Crippen LogP contribution in [0.3, 0.4) is 0 Å². The number of amides is 1. The van der Waals surface area contributed by atoms with Crippen LogP contribution in [-0.2, 0) is 0 Å². The van der Waals surface area contributed by atoms with Crippen molar-refractivity contribution in [1.29, 1.82) is 0 Å². The van der Waals surface area contributed by atoms with Crippen LogP contribution >= 0.6 is 0 Å². The van der Waals surface area contributed by atoms with E-state index in [4.69, 9.17) is 10.6 Å². The molecule has 1 aliphatic heterocycles. The van der Waals surface area contributed by atoms with Crippen LogP contribution in [0.4, 0.5) is 4.79 Å². The van der Waals surface area contributed by atoms with Crippen LogP contribution in [0.25, 0.3) is 0 Å². The Morgan fingerprint density at radius 2 is 2.10 bits per heavy atom. The first-order valence-corrected chi connectivity index (χ1v) is 2.88. The lowest BCUT2D eigenvalue weighted by molar-refractivity contribution is 0.0769. The Balaban J connectivity index is 3.03. The Bertz CT molecular complexity index is 239. The number of nitrogens with zero attached hydrogens (tertiary/aromatic N) is 1. The molecule has 1 fully saturated rings. The van der Waals surface area contributed by atoms with E-state index in [-0.39, 0.29) is 4.90 Å². The second-order valence-corrected chi connectivity index (χ2v) is 2.00. The van der Waals surface area contributed by atoms with Gasteiger partial charge < -0.3 is 15.1 Å². The standard InChI is InChI=1S/C6H11NO3/c8-5-1-3-7(4-2-5)6(9)10/h5,8H,1-4H2,(H,9,10)/i3D2,4D2. The summed E-state index contributed by atoms with van der Waals surface area (Å²) in [6.45, 7) is -4.74. The molecule has 1 aliphatic rings. The minimum atomic E-state index is -2.37. The largest absolute Gasteiger partial charge is 0.465 e. The van der Waals surface area contributed by atoms with Gasteiger partial charge in [-0.05, 0) is 12.8 Å². The van der Waals surface area contributed by atoms with Gasteiger partial charge in [0, 0.05) is 18.5 Å². The first-order valence-electron chi connectivity index (χ1n) is 4.88. The Morgan fingerprint density at radius 1 is 1.60 bits per heavy atom. The van der Waals surface area contributed by atoms with E-state index in [0.717, 1.165) is 0 Å². The second kappa shape index (κ2) is 2.88. The first-order chi connectivity index (χ1) is 6.17. The first kappa shape index (κ1) is 3.57. The number of rotatable bonds is 0. The van der Waals surface area contributed by atoms with E-state index in [0.29, 0.717) is 0 Å². The molecule has 4 nitrogen and oxygen atoms in total. The van der Waals surface area contributed by atoms with Crippen molar-refractivity contribution < 1.29 is 20.5 Å². The number of aliphatic hydroxyl groups is 1. The fourth-order valence-corrected chi connectivity index (χ4v) is 0.657. The Kier molecular flexibility index (Phi) is 1.03. The third-order valence-corrected chi connectivity index (χ3v) is 1.16. The van der Waals surface area contributed by atoms with Gasteiger partial charge in [-0.15, -0.1) is 0 Å². The lowest BCUT2D eigenvalue weighted by Gasteiger charge is -2.26. The highest BCUT2D eigenvalue weighted by Crippen LogP contribution is 2.08. The lowest BCUT2D eigenvalue weighted by Crippen LogP contribution is -2.39. The Morgan fingerprint density at radius 3 is 2.50 bits per heavy atom. The predicted molar refractivity (Wildman–Crippen MR) is 34.8 cm³/mol. The molecular weight excluding hydrogens is 134 g/mol. The van der Waals surface area contributed by atoms with Crippen molar-refractivity contribution >= 4 is 6.09 Å². The number of piperidine rings is 1. The van der Waals surface area contributed by atoms with E-state index in [1.165, 1.54) is 0 Å². The zero-order chi connectivity index (χ0) is 11.1. The summed E-state index contributed by atoms with van der Waals surface area (Å²) in [5.74, 6) is 0. The highest BCUT2D eigenvalue weighted by atomic mass is 16.4. The van der Waals surface area contributed by atoms with Gasteiger partial charge in [-0.3, -0.25) is 0 Å². The van der Waals surface area contributed by atoms with Crippen molar-refractivity contribution in [2.24, 2.45) is 0 Å². The summed E-state index contributed by atoms with van der Waals surface area (Å²) < 4.78 is 29.2. The molecule has 10 heavy (non-hydrogen) atoms. The van der Waals surface area contributed by atoms with E-state index >= 15 is 0 Å². The maximum atomic E-state index is 10.7. The van der Waals surface area contributed by atoms with Crippen molar-refractivity contribution in [3.8, 4) is 0 Å². The van der Waals surface area contributed by atoms with E-state index in [2.05, 4.69) is 0 Å². The maximum Gasteiger partial charge on any atom is 0.407 e. The molecule has 0 aromatic heterocycles. The summed E-state index contributed by atoms with van der Waals surface area (Å²) in [5, 5.41) is 17.8. The monoisotopic (exact) mass is 149 g/mol. The molecule has 0 radical (unpaired) electrons. The summed E-state index contributed by atoms with van der Waals surface area (Å²) in [6.07, 6.45) is -3.63. The topological polar surface area (TPSA) is 60.8 Å². The fourth-order valence-electron chi connectivity index (χ4n) is 0.657. The van der Waals surface area contributed by atoms with E-state index in [1.807, 2.05) is 0 Å². The van der Waals surface area contributed by atoms with Crippen molar-refractivity contribution in [2.45, 2.75) is 18.9 Å². The zero-order valence-corrected chi connectivity index (χ0v) is 5.24. The molecule has 0 aromatic carbocycles. The molecule has 1 rings (SSSR count). The highest BCUT2D eigenvalue weighted by molar-refractivity contribution is 5.64. The van der Waals surface area contributed by atoms with E-state index in [9.17, 15) is 9.90 Å². The molecule has 1 saturated heterocycles. The Labute approximate surface area is 64.7 Å². The molecule has 4 heteroatoms. The van der Waals surface area contributed by atoms with Gasteiger partial charge in [0.2, 0.25) is 0 Å². The minimum absolute atomic E-state index is 0.118. The molecule has 0 unspecified atom stereocenters. The van der Waals surface area contributed by atoms with Gasteiger partial charge >= 0.3 is 6.09 Å². The van der Waals surface area contributed by atoms with E-state index < -0.39 is 38.0 Å². The van der Waals surface area contributed by atoms with Gasteiger partial charge in [-0.1, -0.05) is 0 Å². The molecule has 2 N–H and O–H groups in total. The molecule has 0 aliphatic carbocycles. The summed E-state index contributed by atoms with van der Waals surface area (Å²) >= 11 is 0. The smallest absolute Gasteiger partial charge is 0.407 e. The molecule has 1 amide bonds. The third kappa shape index (κ3) is 1.60. The average molecular weight is 149 g/mol. The lowest BCUT2D eigenvalue weighted by atomic mass is 10.1. The summed E-state index contributed by atoms with van der Waals surface area (Å²) in [6, 6.07) is 0. The molecule has 0 atom stereocenters. The van der Waals surface area contributed by atoms with Gasteiger partial charge in [0.1, 0.15) is 0 Å². The Hall–Kier alpha value is -0.770. The fraction of sp³-hybridized carbons (Fsp3) is 0.833. The van der Waals surface area contributed by atoms with Gasteiger partial charge in [0.05, 0.1) is 6.10 Å². The van der Waals surface area contributed by atoms with Crippen molar-refractivity contribution in [2.75, 3.05) is 13.0 Å². The van der Waals surface area contributed by atoms with Gasteiger partial charge in [-0.25, -0.2) is 4.79 Å². The number of likely N-dealkylation sites (tertiary alicyclic amines) is 1. The van der Waals surface area contributed by atoms with Crippen LogP contribution < -0.4 is 0 Å². The third-order valence-electron chi connectivity index (χ3n) is 1.16. The summed E-state index contributed by atoms with van der Waals surface area (Å²) in [7, 11) is 0. The van der Waals surface area contributed by atoms with Crippen LogP contribution in [0.1, 0.15) is 18.3 Å². The number of hydrogen-bond donors (Lipinski definition) is 2. The quantitative estimate of drug-likeness (QED) is 0.514. The molecule has 0 aromatic rings. The van der Waals surface area contributed by atoms with Crippen LogP contribution in [0.2, 0.25) is 0 Å². The average Bonchev–Trinajstić information content (AvgIpc) is 1.75. The molecular formula is C6H11NO3. The van der Waals surface area contributed by atoms with Gasteiger partial charge in [-0.2, -0.15) is 0 Å². The van der Waals surface area contributed by atoms with Crippen molar-refractivity contribution in [3.63, 3.8) is 0 Å². The van der Waals surface area contributed by atoms with Crippen LogP contribution in [0, 0.1) is 0 Å². The van der Waals surface area contributed by atoms with Crippen LogP contribution in [0.15, 0.2) is 0 Å². The maximum absolute atomic E-state index is 10.7. The minimum Gasteiger partial charge on any atom is -0.465 e. The molecule has 0 saturated carbocycles. The van der Waals surface area contributed by atoms with Crippen LogP contribution in [0.5, 0.6) is 0 Å². The summed E-state index contributed by atoms with van der Waals surface area (Å²) in [5.41, 5.74) is 0. The molecule has 0 bridgehead atoms. The van der Waals surface area contributed by atoms with E-state index in [1.54, 1.807) is 0 Å². The highest BCUT2D eigenvalue weighted by Gasteiger charge is 2.19. The normalized spacial score (nSPS) is 37.1. The molecule has 1 heterocycles. The van der Waals surface area contributed by atoms with Gasteiger partial charge in [0.15, 0.2) is 0 Å². The van der Waals surface area contributed by atoms with Gasteiger partial charge in [0.25, 0.3) is 0 Å². The predicted octanol–water partition coefficient (Wildman–Crippen LogP) is 0.121. The number of carbonyl (C=O) groups is 1. The number of carboxylic acid groups (broad SMARTS) is 1. The summed E-state index contributed by atoms with van der Waals surface area (Å²) in [4.78, 5) is 10.8.